The van der Waals surface area contributed by atoms with Crippen molar-refractivity contribution < 1.29 is 23.9 Å². The number of hydrogen-bond acceptors (Lipinski definition) is 9. The second-order valence-electron chi connectivity index (χ2n) is 11.7. The van der Waals surface area contributed by atoms with Gasteiger partial charge in [0.05, 0.1) is 47.6 Å². The van der Waals surface area contributed by atoms with Crippen molar-refractivity contribution >= 4 is 45.7 Å². The van der Waals surface area contributed by atoms with Crippen LogP contribution in [0.3, 0.4) is 0 Å². The summed E-state index contributed by atoms with van der Waals surface area (Å²) in [6.07, 6.45) is 3.82. The molecule has 0 saturated heterocycles. The van der Waals surface area contributed by atoms with Crippen LogP contribution >= 0.6 is 11.3 Å². The zero-order valence-corrected chi connectivity index (χ0v) is 28.8. The standard InChI is InChI=1S/C39H32N4O7S/c1-4-50-38(45)34-35(25-10-6-5-7-11-25)40-39-42(36(34)26-16-19-31(48-2)32(20-26)49-3)37(44)33(51-39)21-27-23-41(30-13-9-8-12-29(27)30)22-24-14-17-28(18-15-24)43(46)47/h5-21,23,36H,4,22H2,1-3H3/b33-21-/t36-/m0/s1. The number of thiazole rings is 1. The van der Waals surface area contributed by atoms with Crippen molar-refractivity contribution in [2.45, 2.75) is 19.5 Å². The van der Waals surface area contributed by atoms with Gasteiger partial charge in [0.15, 0.2) is 16.3 Å². The van der Waals surface area contributed by atoms with Crippen LogP contribution in [-0.4, -0.2) is 40.9 Å². The number of carbonyl (C=O) groups excluding carboxylic acids is 1. The molecule has 7 rings (SSSR count). The smallest absolute Gasteiger partial charge is 0.338 e. The number of non-ortho nitro benzene ring substituents is 1. The maximum absolute atomic E-state index is 14.6. The third-order valence-electron chi connectivity index (χ3n) is 8.70. The van der Waals surface area contributed by atoms with E-state index in [4.69, 9.17) is 19.2 Å². The van der Waals surface area contributed by atoms with Crippen LogP contribution in [0, 0.1) is 10.1 Å². The molecule has 1 aliphatic rings. The summed E-state index contributed by atoms with van der Waals surface area (Å²) in [4.78, 5) is 44.6. The van der Waals surface area contributed by atoms with E-state index in [9.17, 15) is 19.7 Å². The fourth-order valence-corrected chi connectivity index (χ4v) is 7.35. The second-order valence-corrected chi connectivity index (χ2v) is 12.7. The van der Waals surface area contributed by atoms with Gasteiger partial charge in [0, 0.05) is 46.9 Å². The van der Waals surface area contributed by atoms with Gasteiger partial charge in [-0.3, -0.25) is 19.5 Å². The first-order chi connectivity index (χ1) is 24.8. The van der Waals surface area contributed by atoms with E-state index in [2.05, 4.69) is 4.57 Å². The summed E-state index contributed by atoms with van der Waals surface area (Å²) in [6.45, 7) is 2.34. The summed E-state index contributed by atoms with van der Waals surface area (Å²) < 4.78 is 20.7. The van der Waals surface area contributed by atoms with Crippen molar-refractivity contribution in [1.82, 2.24) is 9.13 Å². The van der Waals surface area contributed by atoms with Crippen molar-refractivity contribution in [2.24, 2.45) is 4.99 Å². The molecule has 12 heteroatoms. The first-order valence-corrected chi connectivity index (χ1v) is 16.9. The molecule has 1 atom stereocenters. The number of nitro groups is 1. The lowest BCUT2D eigenvalue weighted by atomic mass is 9.93. The molecule has 1 aliphatic heterocycles. The predicted molar refractivity (Wildman–Crippen MR) is 195 cm³/mol. The Morgan fingerprint density at radius 3 is 2.39 bits per heavy atom. The molecule has 0 radical (unpaired) electrons. The van der Waals surface area contributed by atoms with Gasteiger partial charge >= 0.3 is 5.97 Å². The highest BCUT2D eigenvalue weighted by Crippen LogP contribution is 2.38. The third kappa shape index (κ3) is 6.21. The number of aromatic nitrogens is 2. The third-order valence-corrected chi connectivity index (χ3v) is 9.69. The SMILES string of the molecule is CCOC(=O)C1=C(c2ccccc2)N=c2s/c(=C\c3cn(Cc4ccc([N+](=O)[O-])cc4)c4ccccc34)c(=O)n2[C@H]1c1ccc(OC)c(OC)c1. The summed E-state index contributed by atoms with van der Waals surface area (Å²) in [7, 11) is 3.07. The molecule has 2 aromatic heterocycles. The average Bonchev–Trinajstić information content (AvgIpc) is 3.66. The Bertz CT molecular complexity index is 2510. The van der Waals surface area contributed by atoms with E-state index in [1.807, 2.05) is 72.9 Å². The Kier molecular flexibility index (Phi) is 9.07. The van der Waals surface area contributed by atoms with Crippen LogP contribution in [0.5, 0.6) is 11.5 Å². The van der Waals surface area contributed by atoms with Gasteiger partial charge in [0.25, 0.3) is 11.2 Å². The highest BCUT2D eigenvalue weighted by atomic mass is 32.1. The Balaban J connectivity index is 1.43. The summed E-state index contributed by atoms with van der Waals surface area (Å²) in [5, 5.41) is 12.1. The molecule has 0 fully saturated rings. The van der Waals surface area contributed by atoms with E-state index < -0.39 is 16.9 Å². The largest absolute Gasteiger partial charge is 0.493 e. The quantitative estimate of drug-likeness (QED) is 0.0995. The van der Waals surface area contributed by atoms with Crippen LogP contribution < -0.4 is 24.4 Å². The van der Waals surface area contributed by atoms with Crippen LogP contribution in [0.4, 0.5) is 5.69 Å². The summed E-state index contributed by atoms with van der Waals surface area (Å²) in [5.41, 5.74) is 4.32. The second kappa shape index (κ2) is 13.9. The first-order valence-electron chi connectivity index (χ1n) is 16.1. The minimum absolute atomic E-state index is 0.0279. The van der Waals surface area contributed by atoms with Crippen LogP contribution in [0.15, 0.2) is 119 Å². The van der Waals surface area contributed by atoms with Gasteiger partial charge in [0.1, 0.15) is 0 Å². The summed E-state index contributed by atoms with van der Waals surface area (Å²) in [5.74, 6) is 0.367. The monoisotopic (exact) mass is 700 g/mol. The van der Waals surface area contributed by atoms with Crippen molar-refractivity contribution in [2.75, 3.05) is 20.8 Å². The van der Waals surface area contributed by atoms with Gasteiger partial charge < -0.3 is 18.8 Å². The highest BCUT2D eigenvalue weighted by Gasteiger charge is 2.35. The topological polar surface area (TPSA) is 127 Å². The van der Waals surface area contributed by atoms with Gasteiger partial charge in [0.2, 0.25) is 0 Å². The van der Waals surface area contributed by atoms with Crippen molar-refractivity contribution in [1.29, 1.82) is 0 Å². The molecule has 256 valence electrons. The number of nitro benzene ring substituents is 1. The number of carbonyl (C=O) groups is 1. The fraction of sp³-hybridized carbons (Fsp3) is 0.154. The molecule has 6 aromatic rings. The minimum atomic E-state index is -0.888. The maximum Gasteiger partial charge on any atom is 0.338 e. The molecular formula is C39H32N4O7S. The zero-order valence-electron chi connectivity index (χ0n) is 27.9. The molecular weight excluding hydrogens is 669 g/mol. The number of fused-ring (bicyclic) bond motifs is 2. The van der Waals surface area contributed by atoms with Crippen LogP contribution in [0.1, 0.15) is 35.2 Å². The maximum atomic E-state index is 14.6. The summed E-state index contributed by atoms with van der Waals surface area (Å²) in [6, 6.07) is 28.1. The lowest BCUT2D eigenvalue weighted by Crippen LogP contribution is -2.40. The molecule has 0 bridgehead atoms. The molecule has 11 nitrogen and oxygen atoms in total. The Morgan fingerprint density at radius 2 is 1.69 bits per heavy atom. The minimum Gasteiger partial charge on any atom is -0.493 e. The van der Waals surface area contributed by atoms with E-state index in [-0.39, 0.29) is 23.4 Å². The van der Waals surface area contributed by atoms with Crippen molar-refractivity contribution in [3.8, 4) is 11.5 Å². The van der Waals surface area contributed by atoms with E-state index in [1.54, 1.807) is 42.9 Å². The molecule has 0 spiro atoms. The Morgan fingerprint density at radius 1 is 0.961 bits per heavy atom. The number of nitrogens with zero attached hydrogens (tertiary/aromatic N) is 4. The van der Waals surface area contributed by atoms with Crippen LogP contribution in [0.25, 0.3) is 22.7 Å². The Labute approximate surface area is 295 Å². The number of esters is 1. The number of benzene rings is 4. The lowest BCUT2D eigenvalue weighted by molar-refractivity contribution is -0.384. The number of methoxy groups -OCH3 is 2. The van der Waals surface area contributed by atoms with Crippen molar-refractivity contribution in [3.63, 3.8) is 0 Å². The normalized spacial score (nSPS) is 14.3. The van der Waals surface area contributed by atoms with E-state index in [0.717, 1.165) is 22.0 Å². The number of hydrogen-bond donors (Lipinski definition) is 0. The molecule has 51 heavy (non-hydrogen) atoms. The molecule has 0 saturated carbocycles. The number of para-hydroxylation sites is 1. The van der Waals surface area contributed by atoms with E-state index in [0.29, 0.717) is 44.2 Å². The zero-order chi connectivity index (χ0) is 35.6. The molecule has 0 aliphatic carbocycles. The number of rotatable bonds is 10. The number of ether oxygens (including phenoxy) is 3. The van der Waals surface area contributed by atoms with E-state index >= 15 is 0 Å². The fourth-order valence-electron chi connectivity index (χ4n) is 6.36. The first kappa shape index (κ1) is 33.2. The van der Waals surface area contributed by atoms with Crippen molar-refractivity contribution in [3.05, 3.63) is 161 Å². The average molecular weight is 701 g/mol. The van der Waals surface area contributed by atoms with Crippen LogP contribution in [-0.2, 0) is 16.1 Å². The molecule has 4 aromatic carbocycles. The van der Waals surface area contributed by atoms with Gasteiger partial charge in [-0.15, -0.1) is 0 Å². The summed E-state index contributed by atoms with van der Waals surface area (Å²) >= 11 is 1.24. The highest BCUT2D eigenvalue weighted by molar-refractivity contribution is 7.07. The molecule has 3 heterocycles. The molecule has 0 amide bonds. The Hall–Kier alpha value is -6.27. The lowest BCUT2D eigenvalue weighted by Gasteiger charge is -2.26. The van der Waals surface area contributed by atoms with Gasteiger partial charge in [-0.2, -0.15) is 0 Å². The van der Waals surface area contributed by atoms with Gasteiger partial charge in [-0.1, -0.05) is 78.1 Å². The van der Waals surface area contributed by atoms with E-state index in [1.165, 1.54) is 30.6 Å². The predicted octanol–water partition coefficient (Wildman–Crippen LogP) is 5.86. The van der Waals surface area contributed by atoms with Gasteiger partial charge in [-0.25, -0.2) is 9.79 Å². The molecule has 0 N–H and O–H groups in total. The molecule has 0 unspecified atom stereocenters. The van der Waals surface area contributed by atoms with Crippen LogP contribution in [0.2, 0.25) is 0 Å². The van der Waals surface area contributed by atoms with Gasteiger partial charge in [-0.05, 0) is 42.3 Å².